The van der Waals surface area contributed by atoms with E-state index in [0.717, 1.165) is 12.2 Å². The van der Waals surface area contributed by atoms with Gasteiger partial charge in [0.1, 0.15) is 5.82 Å². The number of hydrogen-bond donors (Lipinski definition) is 1. The van der Waals surface area contributed by atoms with Crippen LogP contribution in [0.25, 0.3) is 0 Å². The first-order chi connectivity index (χ1) is 10.2. The molecule has 0 aliphatic carbocycles. The van der Waals surface area contributed by atoms with Crippen LogP contribution in [-0.2, 0) is 19.5 Å². The molecule has 0 spiro atoms. The van der Waals surface area contributed by atoms with E-state index in [2.05, 4.69) is 19.9 Å². The summed E-state index contributed by atoms with van der Waals surface area (Å²) in [6.45, 7) is 1.73. The van der Waals surface area contributed by atoms with Crippen LogP contribution in [-0.4, -0.2) is 32.7 Å². The van der Waals surface area contributed by atoms with Crippen LogP contribution in [0.3, 0.4) is 0 Å². The number of aromatic nitrogens is 3. The van der Waals surface area contributed by atoms with Gasteiger partial charge in [0.15, 0.2) is 5.16 Å². The Morgan fingerprint density at radius 2 is 2.38 bits per heavy atom. The quantitative estimate of drug-likeness (QED) is 0.689. The molecule has 1 aliphatic rings. The second-order valence-electron chi connectivity index (χ2n) is 4.93. The van der Waals surface area contributed by atoms with Crippen molar-refractivity contribution in [3.63, 3.8) is 0 Å². The van der Waals surface area contributed by atoms with Crippen molar-refractivity contribution in [2.75, 3.05) is 12.8 Å². The van der Waals surface area contributed by atoms with Gasteiger partial charge in [-0.05, 0) is 12.3 Å². The van der Waals surface area contributed by atoms with Crippen molar-refractivity contribution in [3.05, 3.63) is 51.5 Å². The normalized spacial score (nSPS) is 15.0. The van der Waals surface area contributed by atoms with Crippen molar-refractivity contribution >= 4 is 11.8 Å². The molecule has 1 N–H and O–H groups in total. The third-order valence-corrected chi connectivity index (χ3v) is 4.15. The van der Waals surface area contributed by atoms with Gasteiger partial charge in [-0.2, -0.15) is 0 Å². The van der Waals surface area contributed by atoms with E-state index in [4.69, 9.17) is 0 Å². The Kier molecular flexibility index (Phi) is 4.03. The Labute approximate surface area is 125 Å². The van der Waals surface area contributed by atoms with Crippen LogP contribution in [0.1, 0.15) is 16.8 Å². The fourth-order valence-corrected chi connectivity index (χ4v) is 2.86. The summed E-state index contributed by atoms with van der Waals surface area (Å²) in [7, 11) is 0. The number of hydrogen-bond acceptors (Lipinski definition) is 5. The summed E-state index contributed by atoms with van der Waals surface area (Å²) in [6.07, 6.45) is 5.38. The maximum absolute atomic E-state index is 13.6. The minimum atomic E-state index is -0.312. The average Bonchev–Trinajstić information content (AvgIpc) is 2.50. The third-order valence-electron chi connectivity index (χ3n) is 3.57. The standard InChI is InChI=1S/C14H15FN4OS/c1-21-14-17-12-3-5-19(8-10(12)13(20)18-14)7-9-2-4-16-6-11(9)15/h2,4,6H,3,5,7-8H2,1H3,(H,17,18,20). The molecule has 2 aromatic rings. The molecule has 2 aromatic heterocycles. The number of thioether (sulfide) groups is 1. The smallest absolute Gasteiger partial charge is 0.256 e. The SMILES string of the molecule is CSc1nc2c(c(=O)[nH]1)CN(Cc1ccncc1F)CC2. The molecule has 0 radical (unpaired) electrons. The largest absolute Gasteiger partial charge is 0.301 e. The Morgan fingerprint density at radius 3 is 3.14 bits per heavy atom. The van der Waals surface area contributed by atoms with Gasteiger partial charge < -0.3 is 4.98 Å². The number of halogens is 1. The Bertz CT molecular complexity index is 718. The molecule has 0 aromatic carbocycles. The minimum Gasteiger partial charge on any atom is -0.301 e. The van der Waals surface area contributed by atoms with Crippen molar-refractivity contribution in [1.29, 1.82) is 0 Å². The molecule has 3 rings (SSSR count). The first kappa shape index (κ1) is 14.2. The first-order valence-electron chi connectivity index (χ1n) is 6.64. The van der Waals surface area contributed by atoms with Gasteiger partial charge in [-0.15, -0.1) is 0 Å². The molecule has 3 heterocycles. The van der Waals surface area contributed by atoms with E-state index >= 15 is 0 Å². The number of H-pyrrole nitrogens is 1. The second-order valence-corrected chi connectivity index (χ2v) is 5.72. The maximum Gasteiger partial charge on any atom is 0.256 e. The van der Waals surface area contributed by atoms with E-state index in [1.807, 2.05) is 6.26 Å². The monoisotopic (exact) mass is 306 g/mol. The summed E-state index contributed by atoms with van der Waals surface area (Å²) in [5.74, 6) is -0.312. The van der Waals surface area contributed by atoms with Gasteiger partial charge in [-0.1, -0.05) is 11.8 Å². The first-order valence-corrected chi connectivity index (χ1v) is 7.86. The average molecular weight is 306 g/mol. The van der Waals surface area contributed by atoms with Crippen molar-refractivity contribution in [2.45, 2.75) is 24.7 Å². The van der Waals surface area contributed by atoms with Crippen LogP contribution in [0.2, 0.25) is 0 Å². The highest BCUT2D eigenvalue weighted by molar-refractivity contribution is 7.98. The second kappa shape index (κ2) is 5.95. The molecule has 0 fully saturated rings. The predicted octanol–water partition coefficient (Wildman–Crippen LogP) is 1.58. The van der Waals surface area contributed by atoms with E-state index in [0.29, 0.717) is 35.8 Å². The Hall–Kier alpha value is -1.73. The topological polar surface area (TPSA) is 61.9 Å². The van der Waals surface area contributed by atoms with E-state index in [9.17, 15) is 9.18 Å². The molecular formula is C14H15FN4OS. The van der Waals surface area contributed by atoms with E-state index < -0.39 is 0 Å². The highest BCUT2D eigenvalue weighted by Crippen LogP contribution is 2.18. The zero-order chi connectivity index (χ0) is 14.8. The number of fused-ring (bicyclic) bond motifs is 1. The third kappa shape index (κ3) is 2.98. The summed E-state index contributed by atoms with van der Waals surface area (Å²) in [6, 6.07) is 1.67. The van der Waals surface area contributed by atoms with Crippen LogP contribution in [0.15, 0.2) is 28.4 Å². The number of aromatic amines is 1. The summed E-state index contributed by atoms with van der Waals surface area (Å²) >= 11 is 1.42. The zero-order valence-electron chi connectivity index (χ0n) is 11.6. The summed E-state index contributed by atoms with van der Waals surface area (Å²) in [5.41, 5.74) is 2.05. The van der Waals surface area contributed by atoms with Gasteiger partial charge in [0, 0.05) is 37.8 Å². The van der Waals surface area contributed by atoms with Crippen molar-refractivity contribution < 1.29 is 4.39 Å². The fraction of sp³-hybridized carbons (Fsp3) is 0.357. The summed E-state index contributed by atoms with van der Waals surface area (Å²) in [4.78, 5) is 25.1. The molecule has 0 saturated carbocycles. The molecule has 0 amide bonds. The van der Waals surface area contributed by atoms with Gasteiger partial charge in [0.2, 0.25) is 0 Å². The lowest BCUT2D eigenvalue weighted by atomic mass is 10.1. The lowest BCUT2D eigenvalue weighted by Crippen LogP contribution is -2.35. The molecule has 1 aliphatic heterocycles. The molecule has 0 bridgehead atoms. The van der Waals surface area contributed by atoms with Crippen molar-refractivity contribution in [1.82, 2.24) is 19.9 Å². The summed E-state index contributed by atoms with van der Waals surface area (Å²) < 4.78 is 13.6. The number of nitrogens with one attached hydrogen (secondary N) is 1. The number of nitrogens with zero attached hydrogens (tertiary/aromatic N) is 3. The Balaban J connectivity index is 1.82. The Morgan fingerprint density at radius 1 is 1.52 bits per heavy atom. The highest BCUT2D eigenvalue weighted by Gasteiger charge is 2.21. The maximum atomic E-state index is 13.6. The molecule has 21 heavy (non-hydrogen) atoms. The van der Waals surface area contributed by atoms with Gasteiger partial charge in [-0.25, -0.2) is 9.37 Å². The van der Waals surface area contributed by atoms with Crippen LogP contribution in [0, 0.1) is 5.82 Å². The van der Waals surface area contributed by atoms with Crippen molar-refractivity contribution in [2.24, 2.45) is 0 Å². The number of rotatable bonds is 3. The van der Waals surface area contributed by atoms with E-state index in [1.54, 1.807) is 12.3 Å². The lowest BCUT2D eigenvalue weighted by molar-refractivity contribution is 0.237. The highest BCUT2D eigenvalue weighted by atomic mass is 32.2. The van der Waals surface area contributed by atoms with E-state index in [-0.39, 0.29) is 11.4 Å². The van der Waals surface area contributed by atoms with Gasteiger partial charge in [0.25, 0.3) is 5.56 Å². The molecule has 5 nitrogen and oxygen atoms in total. The zero-order valence-corrected chi connectivity index (χ0v) is 12.4. The summed E-state index contributed by atoms with van der Waals surface area (Å²) in [5, 5.41) is 0.646. The molecular weight excluding hydrogens is 291 g/mol. The number of pyridine rings is 1. The van der Waals surface area contributed by atoms with Crippen LogP contribution >= 0.6 is 11.8 Å². The lowest BCUT2D eigenvalue weighted by Gasteiger charge is -2.27. The van der Waals surface area contributed by atoms with Gasteiger partial charge in [0.05, 0.1) is 17.5 Å². The van der Waals surface area contributed by atoms with Gasteiger partial charge >= 0.3 is 0 Å². The van der Waals surface area contributed by atoms with Crippen molar-refractivity contribution in [3.8, 4) is 0 Å². The van der Waals surface area contributed by atoms with Crippen LogP contribution in [0.4, 0.5) is 4.39 Å². The molecule has 110 valence electrons. The van der Waals surface area contributed by atoms with E-state index in [1.165, 1.54) is 18.0 Å². The molecule has 0 atom stereocenters. The van der Waals surface area contributed by atoms with Gasteiger partial charge in [-0.3, -0.25) is 14.7 Å². The molecule has 0 saturated heterocycles. The molecule has 0 unspecified atom stereocenters. The van der Waals surface area contributed by atoms with Crippen LogP contribution < -0.4 is 5.56 Å². The fourth-order valence-electron chi connectivity index (χ4n) is 2.46. The molecule has 7 heteroatoms. The predicted molar refractivity (Wildman–Crippen MR) is 78.7 cm³/mol. The minimum absolute atomic E-state index is 0.0933. The van der Waals surface area contributed by atoms with Crippen LogP contribution in [0.5, 0.6) is 0 Å².